The molecule has 0 spiro atoms. The normalized spacial score (nSPS) is 30.2. The maximum atomic E-state index is 11.1. The van der Waals surface area contributed by atoms with Crippen molar-refractivity contribution >= 4 is 11.8 Å². The fourth-order valence-corrected chi connectivity index (χ4v) is 1.66. The van der Waals surface area contributed by atoms with Gasteiger partial charge in [-0.05, 0) is 6.42 Å². The van der Waals surface area contributed by atoms with Crippen molar-refractivity contribution in [3.8, 4) is 0 Å². The number of amides is 2. The van der Waals surface area contributed by atoms with Gasteiger partial charge in [-0.2, -0.15) is 0 Å². The molecule has 2 saturated heterocycles. The van der Waals surface area contributed by atoms with Crippen LogP contribution in [-0.2, 0) is 9.59 Å². The summed E-state index contributed by atoms with van der Waals surface area (Å²) >= 11 is 0. The minimum atomic E-state index is -0.0310. The van der Waals surface area contributed by atoms with Crippen molar-refractivity contribution in [3.05, 3.63) is 0 Å². The van der Waals surface area contributed by atoms with E-state index in [4.69, 9.17) is 0 Å². The van der Waals surface area contributed by atoms with Crippen LogP contribution >= 0.6 is 0 Å². The molecule has 4 nitrogen and oxygen atoms in total. The van der Waals surface area contributed by atoms with Crippen molar-refractivity contribution in [1.29, 1.82) is 0 Å². The summed E-state index contributed by atoms with van der Waals surface area (Å²) in [6.07, 6.45) is 1.51. The van der Waals surface area contributed by atoms with E-state index >= 15 is 0 Å². The number of carbonyl (C=O) groups excluding carboxylic acids is 2. The number of hydrogen-bond donors (Lipinski definition) is 1. The Labute approximate surface area is 64.5 Å². The predicted molar refractivity (Wildman–Crippen MR) is 37.7 cm³/mol. The van der Waals surface area contributed by atoms with E-state index in [-0.39, 0.29) is 24.4 Å². The zero-order chi connectivity index (χ0) is 7.84. The lowest BCUT2D eigenvalue weighted by Crippen LogP contribution is -2.52. The number of piperazine rings is 1. The minimum absolute atomic E-state index is 0.0310. The number of nitrogens with zero attached hydrogens (tertiary/aromatic N) is 1. The highest BCUT2D eigenvalue weighted by Crippen LogP contribution is 2.19. The Hall–Kier alpha value is -1.06. The molecule has 2 heterocycles. The van der Waals surface area contributed by atoms with Gasteiger partial charge in [0, 0.05) is 13.0 Å². The lowest BCUT2D eigenvalue weighted by molar-refractivity contribution is -0.136. The van der Waals surface area contributed by atoms with Crippen LogP contribution in [0.25, 0.3) is 0 Å². The highest BCUT2D eigenvalue weighted by Gasteiger charge is 2.35. The summed E-state index contributed by atoms with van der Waals surface area (Å²) in [5, 5.41) is 2.74. The molecule has 0 radical (unpaired) electrons. The van der Waals surface area contributed by atoms with Crippen molar-refractivity contribution < 1.29 is 9.59 Å². The fraction of sp³-hybridized carbons (Fsp3) is 0.714. The van der Waals surface area contributed by atoms with Crippen LogP contribution in [0.2, 0.25) is 0 Å². The zero-order valence-corrected chi connectivity index (χ0v) is 6.17. The molecule has 2 amide bonds. The van der Waals surface area contributed by atoms with Gasteiger partial charge in [0.1, 0.15) is 0 Å². The van der Waals surface area contributed by atoms with Crippen molar-refractivity contribution in [2.75, 3.05) is 13.1 Å². The third-order valence-electron chi connectivity index (χ3n) is 2.30. The van der Waals surface area contributed by atoms with Crippen LogP contribution in [-0.4, -0.2) is 35.8 Å². The van der Waals surface area contributed by atoms with Crippen molar-refractivity contribution in [2.45, 2.75) is 18.9 Å². The Morgan fingerprint density at radius 2 is 2.27 bits per heavy atom. The van der Waals surface area contributed by atoms with Gasteiger partial charge in [0.15, 0.2) is 0 Å². The molecule has 1 N–H and O–H groups in total. The van der Waals surface area contributed by atoms with E-state index in [1.54, 1.807) is 4.90 Å². The molecule has 2 rings (SSSR count). The SMILES string of the molecule is O=C1CN2C(=O)CCC2CN1. The van der Waals surface area contributed by atoms with E-state index in [0.29, 0.717) is 13.0 Å². The lowest BCUT2D eigenvalue weighted by atomic mass is 10.2. The summed E-state index contributed by atoms with van der Waals surface area (Å²) in [7, 11) is 0. The average molecular weight is 154 g/mol. The second kappa shape index (κ2) is 2.22. The summed E-state index contributed by atoms with van der Waals surface area (Å²) in [4.78, 5) is 23.6. The Kier molecular flexibility index (Phi) is 1.34. The summed E-state index contributed by atoms with van der Waals surface area (Å²) < 4.78 is 0. The van der Waals surface area contributed by atoms with Gasteiger partial charge >= 0.3 is 0 Å². The Balaban J connectivity index is 2.13. The van der Waals surface area contributed by atoms with Crippen LogP contribution in [0.1, 0.15) is 12.8 Å². The molecule has 2 fully saturated rings. The van der Waals surface area contributed by atoms with E-state index < -0.39 is 0 Å². The molecule has 0 aromatic rings. The monoisotopic (exact) mass is 154 g/mol. The molecule has 2 aliphatic heterocycles. The van der Waals surface area contributed by atoms with Gasteiger partial charge in [0.05, 0.1) is 12.6 Å². The van der Waals surface area contributed by atoms with E-state index in [0.717, 1.165) is 6.42 Å². The largest absolute Gasteiger partial charge is 0.352 e. The first-order chi connectivity index (χ1) is 5.27. The summed E-state index contributed by atoms with van der Waals surface area (Å²) in [6.45, 7) is 0.911. The molecule has 0 aromatic carbocycles. The summed E-state index contributed by atoms with van der Waals surface area (Å²) in [6, 6.07) is 0.278. The Morgan fingerprint density at radius 1 is 1.45 bits per heavy atom. The topological polar surface area (TPSA) is 49.4 Å². The highest BCUT2D eigenvalue weighted by atomic mass is 16.2. The molecule has 0 saturated carbocycles. The van der Waals surface area contributed by atoms with E-state index in [1.165, 1.54) is 0 Å². The maximum Gasteiger partial charge on any atom is 0.239 e. The van der Waals surface area contributed by atoms with Gasteiger partial charge in [0.2, 0.25) is 11.8 Å². The van der Waals surface area contributed by atoms with Gasteiger partial charge < -0.3 is 10.2 Å². The molecule has 60 valence electrons. The molecular formula is C7H10N2O2. The number of rotatable bonds is 0. The standard InChI is InChI=1S/C7H10N2O2/c10-6-4-9-5(3-8-6)1-2-7(9)11/h5H,1-4H2,(H,8,10). The number of carbonyl (C=O) groups is 2. The van der Waals surface area contributed by atoms with Crippen LogP contribution in [0.4, 0.5) is 0 Å². The lowest BCUT2D eigenvalue weighted by Gasteiger charge is -2.29. The zero-order valence-electron chi connectivity index (χ0n) is 6.17. The smallest absolute Gasteiger partial charge is 0.239 e. The average Bonchev–Trinajstić information content (AvgIpc) is 2.33. The number of hydrogen-bond acceptors (Lipinski definition) is 2. The molecule has 1 atom stereocenters. The fourth-order valence-electron chi connectivity index (χ4n) is 1.66. The van der Waals surface area contributed by atoms with Crippen LogP contribution < -0.4 is 5.32 Å². The first kappa shape index (κ1) is 6.64. The minimum Gasteiger partial charge on any atom is -0.352 e. The maximum absolute atomic E-state index is 11.1. The quantitative estimate of drug-likeness (QED) is 0.492. The van der Waals surface area contributed by atoms with Crippen LogP contribution in [0.15, 0.2) is 0 Å². The van der Waals surface area contributed by atoms with Crippen molar-refractivity contribution in [3.63, 3.8) is 0 Å². The number of nitrogens with one attached hydrogen (secondary N) is 1. The molecule has 0 aromatic heterocycles. The first-order valence-electron chi connectivity index (χ1n) is 3.83. The van der Waals surface area contributed by atoms with Crippen molar-refractivity contribution in [1.82, 2.24) is 10.2 Å². The van der Waals surface area contributed by atoms with Gasteiger partial charge in [0.25, 0.3) is 0 Å². The molecular weight excluding hydrogens is 144 g/mol. The molecule has 11 heavy (non-hydrogen) atoms. The molecule has 4 heteroatoms. The van der Waals surface area contributed by atoms with Gasteiger partial charge in [-0.1, -0.05) is 0 Å². The number of fused-ring (bicyclic) bond motifs is 1. The molecule has 1 unspecified atom stereocenters. The third-order valence-corrected chi connectivity index (χ3v) is 2.30. The molecule has 2 aliphatic rings. The first-order valence-corrected chi connectivity index (χ1v) is 3.83. The van der Waals surface area contributed by atoms with Gasteiger partial charge in [-0.15, -0.1) is 0 Å². The van der Waals surface area contributed by atoms with Gasteiger partial charge in [-0.3, -0.25) is 9.59 Å². The molecule has 0 aliphatic carbocycles. The van der Waals surface area contributed by atoms with E-state index in [1.807, 2.05) is 0 Å². The molecule has 0 bridgehead atoms. The third kappa shape index (κ3) is 0.982. The van der Waals surface area contributed by atoms with E-state index in [9.17, 15) is 9.59 Å². The van der Waals surface area contributed by atoms with E-state index in [2.05, 4.69) is 5.32 Å². The van der Waals surface area contributed by atoms with Crippen LogP contribution in [0.5, 0.6) is 0 Å². The second-order valence-electron chi connectivity index (χ2n) is 3.02. The van der Waals surface area contributed by atoms with Gasteiger partial charge in [-0.25, -0.2) is 0 Å². The highest BCUT2D eigenvalue weighted by molar-refractivity contribution is 5.87. The Morgan fingerprint density at radius 3 is 3.09 bits per heavy atom. The summed E-state index contributed by atoms with van der Waals surface area (Å²) in [5.74, 6) is 0.0985. The second-order valence-corrected chi connectivity index (χ2v) is 3.02. The predicted octanol–water partition coefficient (Wildman–Crippen LogP) is -0.893. The van der Waals surface area contributed by atoms with Crippen LogP contribution in [0, 0.1) is 0 Å². The van der Waals surface area contributed by atoms with Crippen LogP contribution in [0.3, 0.4) is 0 Å². The Bertz CT molecular complexity index is 214. The summed E-state index contributed by atoms with van der Waals surface area (Å²) in [5.41, 5.74) is 0. The van der Waals surface area contributed by atoms with Crippen molar-refractivity contribution in [2.24, 2.45) is 0 Å².